The molecular weight excluding hydrogens is 241 g/mol. The van der Waals surface area contributed by atoms with Crippen LogP contribution in [0, 0.1) is 0 Å². The van der Waals surface area contributed by atoms with Crippen molar-refractivity contribution in [3.8, 4) is 0 Å². The molecule has 98 valence electrons. The fraction of sp³-hybridized carbons (Fsp3) is 0.636. The van der Waals surface area contributed by atoms with E-state index in [0.717, 1.165) is 6.08 Å². The summed E-state index contributed by atoms with van der Waals surface area (Å²) in [6.45, 7) is 5.19. The SMILES string of the molecule is C=CC(=O)OC(C)CP(O)C(=O)C[N+](C)(C)C. The van der Waals surface area contributed by atoms with Crippen LogP contribution in [0.3, 0.4) is 0 Å². The monoisotopic (exact) mass is 262 g/mol. The first kappa shape index (κ1) is 16.2. The van der Waals surface area contributed by atoms with Crippen LogP contribution in [0.1, 0.15) is 6.92 Å². The maximum absolute atomic E-state index is 11.7. The van der Waals surface area contributed by atoms with Crippen molar-refractivity contribution >= 4 is 19.6 Å². The zero-order valence-electron chi connectivity index (χ0n) is 10.8. The fourth-order valence-corrected chi connectivity index (χ4v) is 2.47. The van der Waals surface area contributed by atoms with Gasteiger partial charge in [-0.25, -0.2) is 4.79 Å². The highest BCUT2D eigenvalue weighted by Crippen LogP contribution is 2.33. The zero-order valence-corrected chi connectivity index (χ0v) is 11.7. The van der Waals surface area contributed by atoms with E-state index >= 15 is 0 Å². The van der Waals surface area contributed by atoms with E-state index in [1.165, 1.54) is 0 Å². The largest absolute Gasteiger partial charge is 0.459 e. The van der Waals surface area contributed by atoms with Crippen LogP contribution in [-0.4, -0.2) is 60.8 Å². The van der Waals surface area contributed by atoms with Gasteiger partial charge in [0, 0.05) is 12.2 Å². The van der Waals surface area contributed by atoms with Crippen LogP contribution in [-0.2, 0) is 14.3 Å². The number of hydrogen-bond donors (Lipinski definition) is 1. The predicted molar refractivity (Wildman–Crippen MR) is 67.7 cm³/mol. The molecule has 6 heteroatoms. The molecule has 0 rings (SSSR count). The second-order valence-electron chi connectivity index (χ2n) is 4.88. The van der Waals surface area contributed by atoms with Gasteiger partial charge in [-0.2, -0.15) is 0 Å². The average Bonchev–Trinajstić information content (AvgIpc) is 2.14. The van der Waals surface area contributed by atoms with E-state index in [9.17, 15) is 14.5 Å². The number of esters is 1. The normalized spacial score (nSPS) is 14.9. The second-order valence-corrected chi connectivity index (χ2v) is 6.54. The molecule has 0 aliphatic rings. The number of carbonyl (C=O) groups excluding carboxylic acids is 2. The Kier molecular flexibility index (Phi) is 6.53. The van der Waals surface area contributed by atoms with E-state index in [-0.39, 0.29) is 18.2 Å². The molecule has 5 nitrogen and oxygen atoms in total. The van der Waals surface area contributed by atoms with Crippen molar-refractivity contribution in [2.24, 2.45) is 0 Å². The third kappa shape index (κ3) is 8.02. The van der Waals surface area contributed by atoms with E-state index in [1.54, 1.807) is 6.92 Å². The van der Waals surface area contributed by atoms with Gasteiger partial charge in [0.2, 0.25) is 5.52 Å². The first-order valence-corrected chi connectivity index (χ1v) is 6.76. The van der Waals surface area contributed by atoms with Crippen molar-refractivity contribution in [1.82, 2.24) is 0 Å². The summed E-state index contributed by atoms with van der Waals surface area (Å²) in [5, 5.41) is 0. The summed E-state index contributed by atoms with van der Waals surface area (Å²) in [6.07, 6.45) is 0.755. The molecule has 0 aromatic rings. The Hall–Kier alpha value is -0.770. The van der Waals surface area contributed by atoms with Crippen LogP contribution in [0.2, 0.25) is 0 Å². The maximum Gasteiger partial charge on any atom is 0.330 e. The summed E-state index contributed by atoms with van der Waals surface area (Å²) in [7, 11) is 3.88. The molecule has 1 N–H and O–H groups in total. The van der Waals surface area contributed by atoms with Crippen LogP contribution >= 0.6 is 8.15 Å². The highest BCUT2D eigenvalue weighted by atomic mass is 31.1. The summed E-state index contributed by atoms with van der Waals surface area (Å²) in [6, 6.07) is 0. The summed E-state index contributed by atoms with van der Waals surface area (Å²) >= 11 is 0. The van der Waals surface area contributed by atoms with Gasteiger partial charge in [0.05, 0.1) is 21.1 Å². The number of carbonyl (C=O) groups is 2. The van der Waals surface area contributed by atoms with Crippen molar-refractivity contribution in [3.63, 3.8) is 0 Å². The number of hydrogen-bond acceptors (Lipinski definition) is 4. The first-order chi connectivity index (χ1) is 7.65. The number of quaternary nitrogens is 1. The van der Waals surface area contributed by atoms with E-state index in [1.807, 2.05) is 21.1 Å². The molecule has 2 atom stereocenters. The quantitative estimate of drug-likeness (QED) is 0.318. The molecule has 0 aliphatic carbocycles. The molecule has 0 spiro atoms. The molecule has 0 saturated heterocycles. The molecule has 0 amide bonds. The third-order valence-electron chi connectivity index (χ3n) is 1.81. The van der Waals surface area contributed by atoms with Crippen molar-refractivity contribution in [3.05, 3.63) is 12.7 Å². The Bertz CT molecular complexity index is 298. The highest BCUT2D eigenvalue weighted by Gasteiger charge is 2.25. The van der Waals surface area contributed by atoms with Crippen molar-refractivity contribution in [2.75, 3.05) is 33.8 Å². The summed E-state index contributed by atoms with van der Waals surface area (Å²) < 4.78 is 5.36. The Morgan fingerprint density at radius 2 is 2.00 bits per heavy atom. The van der Waals surface area contributed by atoms with E-state index in [2.05, 4.69) is 6.58 Å². The fourth-order valence-electron chi connectivity index (χ4n) is 1.12. The molecule has 0 fully saturated rings. The predicted octanol–water partition coefficient (Wildman–Crippen LogP) is 0.726. The third-order valence-corrected chi connectivity index (χ3v) is 3.39. The number of ether oxygens (including phenoxy) is 1. The lowest BCUT2D eigenvalue weighted by Gasteiger charge is -2.24. The Labute approximate surface area is 103 Å². The van der Waals surface area contributed by atoms with Crippen LogP contribution in [0.5, 0.6) is 0 Å². The van der Waals surface area contributed by atoms with Gasteiger partial charge in [-0.3, -0.25) is 4.79 Å². The highest BCUT2D eigenvalue weighted by molar-refractivity contribution is 7.69. The average molecular weight is 262 g/mol. The minimum atomic E-state index is -1.75. The van der Waals surface area contributed by atoms with E-state index in [4.69, 9.17) is 4.74 Å². The number of nitrogens with zero attached hydrogens (tertiary/aromatic N) is 1. The van der Waals surface area contributed by atoms with Gasteiger partial charge in [0.15, 0.2) is 0 Å². The first-order valence-electron chi connectivity index (χ1n) is 5.28. The van der Waals surface area contributed by atoms with Gasteiger partial charge in [-0.05, 0) is 6.92 Å². The van der Waals surface area contributed by atoms with Gasteiger partial charge in [0.1, 0.15) is 20.8 Å². The Balaban J connectivity index is 4.16. The molecule has 0 radical (unpaired) electrons. The molecule has 0 heterocycles. The molecule has 17 heavy (non-hydrogen) atoms. The lowest BCUT2D eigenvalue weighted by molar-refractivity contribution is -0.861. The molecule has 0 saturated carbocycles. The van der Waals surface area contributed by atoms with Crippen LogP contribution in [0.25, 0.3) is 0 Å². The minimum absolute atomic E-state index is 0.174. The lowest BCUT2D eigenvalue weighted by Crippen LogP contribution is -2.39. The molecule has 0 aliphatic heterocycles. The summed E-state index contributed by atoms with van der Waals surface area (Å²) in [5.74, 6) is -0.542. The van der Waals surface area contributed by atoms with Gasteiger partial charge < -0.3 is 14.1 Å². The molecule has 0 bridgehead atoms. The van der Waals surface area contributed by atoms with Crippen molar-refractivity contribution < 1.29 is 23.7 Å². The van der Waals surface area contributed by atoms with Crippen LogP contribution in [0.4, 0.5) is 0 Å². The van der Waals surface area contributed by atoms with Gasteiger partial charge in [-0.1, -0.05) is 6.58 Å². The van der Waals surface area contributed by atoms with E-state index in [0.29, 0.717) is 4.48 Å². The molecule has 0 aromatic carbocycles. The van der Waals surface area contributed by atoms with E-state index < -0.39 is 20.2 Å². The second kappa shape index (κ2) is 6.84. The van der Waals surface area contributed by atoms with Crippen LogP contribution in [0.15, 0.2) is 12.7 Å². The lowest BCUT2D eigenvalue weighted by atomic mass is 10.5. The Morgan fingerprint density at radius 1 is 1.47 bits per heavy atom. The number of likely N-dealkylation sites (N-methyl/N-ethyl adjacent to an activating group) is 1. The van der Waals surface area contributed by atoms with Crippen LogP contribution < -0.4 is 0 Å². The maximum atomic E-state index is 11.7. The topological polar surface area (TPSA) is 63.6 Å². The smallest absolute Gasteiger partial charge is 0.330 e. The van der Waals surface area contributed by atoms with Gasteiger partial charge >= 0.3 is 5.97 Å². The zero-order chi connectivity index (χ0) is 13.6. The number of rotatable bonds is 7. The summed E-state index contributed by atoms with van der Waals surface area (Å²) in [5.41, 5.74) is -0.186. The van der Waals surface area contributed by atoms with Crippen molar-refractivity contribution in [1.29, 1.82) is 0 Å². The van der Waals surface area contributed by atoms with Crippen molar-refractivity contribution in [2.45, 2.75) is 13.0 Å². The standard InChI is InChI=1S/C11H21NO4P/c1-6-10(13)16-9(2)8-17(15)11(14)7-12(3,4)5/h6,9,15H,1,7-8H2,2-5H3/q+1. The van der Waals surface area contributed by atoms with Gasteiger partial charge in [0.25, 0.3) is 0 Å². The molecular formula is C11H21NO4P+. The Morgan fingerprint density at radius 3 is 2.41 bits per heavy atom. The molecule has 0 aromatic heterocycles. The molecule has 2 unspecified atom stereocenters. The summed E-state index contributed by atoms with van der Waals surface area (Å²) in [4.78, 5) is 32.3. The minimum Gasteiger partial charge on any atom is -0.459 e. The van der Waals surface area contributed by atoms with Gasteiger partial charge in [-0.15, -0.1) is 0 Å².